The molecule has 3 amide bonds. The van der Waals surface area contributed by atoms with Gasteiger partial charge in [0.2, 0.25) is 17.7 Å². The molecule has 4 rings (SSSR count). The van der Waals surface area contributed by atoms with Gasteiger partial charge in [-0.2, -0.15) is 0 Å². The van der Waals surface area contributed by atoms with E-state index in [1.54, 1.807) is 6.07 Å². The molecule has 9 nitrogen and oxygen atoms in total. The number of imide groups is 1. The molecule has 0 unspecified atom stereocenters. The zero-order chi connectivity index (χ0) is 20.2. The van der Waals surface area contributed by atoms with Crippen LogP contribution >= 0.6 is 0 Å². The van der Waals surface area contributed by atoms with Crippen molar-refractivity contribution in [3.63, 3.8) is 0 Å². The molecule has 1 aromatic carbocycles. The van der Waals surface area contributed by atoms with Gasteiger partial charge < -0.3 is 15.1 Å². The summed E-state index contributed by atoms with van der Waals surface area (Å²) in [7, 11) is 0. The lowest BCUT2D eigenvalue weighted by Gasteiger charge is -2.36. The maximum atomic E-state index is 12.2. The highest BCUT2D eigenvalue weighted by Gasteiger charge is 2.30. The van der Waals surface area contributed by atoms with Crippen molar-refractivity contribution in [2.45, 2.75) is 12.8 Å². The van der Waals surface area contributed by atoms with Crippen molar-refractivity contribution in [3.05, 3.63) is 42.7 Å². The van der Waals surface area contributed by atoms with Crippen molar-refractivity contribution in [1.29, 1.82) is 0 Å². The van der Waals surface area contributed by atoms with E-state index in [-0.39, 0.29) is 31.2 Å². The topological polar surface area (TPSA) is 98.7 Å². The van der Waals surface area contributed by atoms with E-state index in [9.17, 15) is 14.4 Å². The number of carbonyl (C=O) groups excluding carboxylic acids is 3. The highest BCUT2D eigenvalue weighted by molar-refractivity contribution is 6.06. The number of nitrogens with one attached hydrogen (secondary N) is 1. The van der Waals surface area contributed by atoms with Gasteiger partial charge >= 0.3 is 0 Å². The Morgan fingerprint density at radius 1 is 0.931 bits per heavy atom. The minimum atomic E-state index is -0.452. The maximum absolute atomic E-state index is 12.2. The minimum absolute atomic E-state index is 0.165. The zero-order valence-electron chi connectivity index (χ0n) is 16.0. The molecule has 1 aromatic heterocycles. The van der Waals surface area contributed by atoms with Gasteiger partial charge in [-0.25, -0.2) is 9.97 Å². The van der Waals surface area contributed by atoms with Crippen LogP contribution in [0.1, 0.15) is 12.8 Å². The number of nitrogens with zero attached hydrogens (tertiary/aromatic N) is 5. The van der Waals surface area contributed by atoms with Gasteiger partial charge in [-0.15, -0.1) is 0 Å². The molecular weight excluding hydrogens is 372 g/mol. The first-order chi connectivity index (χ1) is 14.1. The summed E-state index contributed by atoms with van der Waals surface area (Å²) in [5.41, 5.74) is 1.20. The summed E-state index contributed by atoms with van der Waals surface area (Å²) in [6.45, 7) is 3.06. The minimum Gasteiger partial charge on any atom is -0.368 e. The van der Waals surface area contributed by atoms with Crippen LogP contribution in [-0.2, 0) is 14.4 Å². The van der Waals surface area contributed by atoms with Gasteiger partial charge in [0.1, 0.15) is 24.5 Å². The van der Waals surface area contributed by atoms with Crippen molar-refractivity contribution < 1.29 is 14.4 Å². The Morgan fingerprint density at radius 3 is 2.28 bits per heavy atom. The fourth-order valence-electron chi connectivity index (χ4n) is 3.55. The molecule has 2 aliphatic heterocycles. The van der Waals surface area contributed by atoms with Crippen molar-refractivity contribution in [2.24, 2.45) is 0 Å². The lowest BCUT2D eigenvalue weighted by molar-refractivity contribution is -0.141. The summed E-state index contributed by atoms with van der Waals surface area (Å²) in [6.07, 6.45) is 1.73. The standard InChI is InChI=1S/C20H22N6O3/c27-18(13-26-19(28)6-7-20(26)29)23-16-12-17(22-14-21-16)25-10-8-24(9-11-25)15-4-2-1-3-5-15/h1-5,12,14H,6-11,13H2,(H,21,22,23,27). The van der Waals surface area contributed by atoms with Gasteiger partial charge in [-0.05, 0) is 12.1 Å². The molecule has 150 valence electrons. The lowest BCUT2D eigenvalue weighted by atomic mass is 10.2. The van der Waals surface area contributed by atoms with Crippen LogP contribution in [0.5, 0.6) is 0 Å². The second-order valence-electron chi connectivity index (χ2n) is 6.99. The maximum Gasteiger partial charge on any atom is 0.245 e. The van der Waals surface area contributed by atoms with E-state index >= 15 is 0 Å². The molecule has 2 aromatic rings. The second-order valence-corrected chi connectivity index (χ2v) is 6.99. The Kier molecular flexibility index (Phi) is 5.37. The summed E-state index contributed by atoms with van der Waals surface area (Å²) < 4.78 is 0. The lowest BCUT2D eigenvalue weighted by Crippen LogP contribution is -2.46. The fourth-order valence-corrected chi connectivity index (χ4v) is 3.55. The summed E-state index contributed by atoms with van der Waals surface area (Å²) >= 11 is 0. The van der Waals surface area contributed by atoms with E-state index < -0.39 is 5.91 Å². The average molecular weight is 394 g/mol. The fraction of sp³-hybridized carbons (Fsp3) is 0.350. The Bertz CT molecular complexity index is 895. The Balaban J connectivity index is 1.35. The summed E-state index contributed by atoms with van der Waals surface area (Å²) in [5, 5.41) is 2.65. The van der Waals surface area contributed by atoms with E-state index in [0.717, 1.165) is 36.9 Å². The van der Waals surface area contributed by atoms with Crippen LogP contribution in [0.3, 0.4) is 0 Å². The van der Waals surface area contributed by atoms with Crippen molar-refractivity contribution in [1.82, 2.24) is 14.9 Å². The predicted octanol–water partition coefficient (Wildman–Crippen LogP) is 0.891. The van der Waals surface area contributed by atoms with Crippen LogP contribution < -0.4 is 15.1 Å². The quantitative estimate of drug-likeness (QED) is 0.752. The smallest absolute Gasteiger partial charge is 0.245 e. The number of rotatable bonds is 5. The van der Waals surface area contributed by atoms with Crippen molar-refractivity contribution in [3.8, 4) is 0 Å². The molecule has 1 N–H and O–H groups in total. The number of amides is 3. The summed E-state index contributed by atoms with van der Waals surface area (Å²) in [6, 6.07) is 12.0. The number of anilines is 3. The molecule has 0 bridgehead atoms. The van der Waals surface area contributed by atoms with Gasteiger partial charge in [0.05, 0.1) is 0 Å². The van der Waals surface area contributed by atoms with E-state index in [1.807, 2.05) is 18.2 Å². The molecule has 0 saturated carbocycles. The molecule has 0 spiro atoms. The Hall–Kier alpha value is -3.49. The first kappa shape index (κ1) is 18.9. The van der Waals surface area contributed by atoms with Crippen LogP contribution in [-0.4, -0.2) is 65.3 Å². The number of carbonyl (C=O) groups is 3. The van der Waals surface area contributed by atoms with Crippen LogP contribution in [0.2, 0.25) is 0 Å². The van der Waals surface area contributed by atoms with Gasteiger partial charge in [-0.3, -0.25) is 19.3 Å². The molecule has 0 atom stereocenters. The zero-order valence-corrected chi connectivity index (χ0v) is 16.0. The number of hydrogen-bond donors (Lipinski definition) is 1. The molecule has 2 aliphatic rings. The van der Waals surface area contributed by atoms with Gasteiger partial charge in [0.15, 0.2) is 0 Å². The van der Waals surface area contributed by atoms with E-state index in [0.29, 0.717) is 5.82 Å². The molecule has 2 saturated heterocycles. The number of likely N-dealkylation sites (tertiary alicyclic amines) is 1. The van der Waals surface area contributed by atoms with E-state index in [2.05, 4.69) is 37.2 Å². The first-order valence-electron chi connectivity index (χ1n) is 9.60. The number of aromatic nitrogens is 2. The molecule has 9 heteroatoms. The number of hydrogen-bond acceptors (Lipinski definition) is 7. The highest BCUT2D eigenvalue weighted by atomic mass is 16.2. The normalized spacial score (nSPS) is 17.0. The molecule has 0 radical (unpaired) electrons. The van der Waals surface area contributed by atoms with Gasteiger partial charge in [-0.1, -0.05) is 18.2 Å². The average Bonchev–Trinajstić information content (AvgIpc) is 3.07. The second kappa shape index (κ2) is 8.26. The predicted molar refractivity (Wildman–Crippen MR) is 107 cm³/mol. The number of benzene rings is 1. The van der Waals surface area contributed by atoms with E-state index in [4.69, 9.17) is 0 Å². The van der Waals surface area contributed by atoms with Crippen LogP contribution in [0.4, 0.5) is 17.3 Å². The third-order valence-electron chi connectivity index (χ3n) is 5.10. The molecule has 2 fully saturated rings. The molecule has 0 aliphatic carbocycles. The Morgan fingerprint density at radius 2 is 1.59 bits per heavy atom. The van der Waals surface area contributed by atoms with Crippen LogP contribution in [0.25, 0.3) is 0 Å². The van der Waals surface area contributed by atoms with Gasteiger partial charge in [0, 0.05) is 50.8 Å². The van der Waals surface area contributed by atoms with E-state index in [1.165, 1.54) is 12.0 Å². The Labute approximate surface area is 168 Å². The molecular formula is C20H22N6O3. The van der Waals surface area contributed by atoms with Crippen molar-refractivity contribution in [2.75, 3.05) is 47.8 Å². The van der Waals surface area contributed by atoms with Crippen LogP contribution in [0.15, 0.2) is 42.7 Å². The van der Waals surface area contributed by atoms with Crippen molar-refractivity contribution >= 4 is 35.0 Å². The largest absolute Gasteiger partial charge is 0.368 e. The number of piperazine rings is 1. The van der Waals surface area contributed by atoms with Gasteiger partial charge in [0.25, 0.3) is 0 Å². The SMILES string of the molecule is O=C(CN1C(=O)CCC1=O)Nc1cc(N2CCN(c3ccccc3)CC2)ncn1. The molecule has 29 heavy (non-hydrogen) atoms. The van der Waals surface area contributed by atoms with Crippen LogP contribution in [0, 0.1) is 0 Å². The monoisotopic (exact) mass is 394 g/mol. The summed E-state index contributed by atoms with van der Waals surface area (Å²) in [5.74, 6) is 0.00250. The third kappa shape index (κ3) is 4.34. The third-order valence-corrected chi connectivity index (χ3v) is 5.10. The number of para-hydroxylation sites is 1. The molecule has 3 heterocycles. The summed E-state index contributed by atoms with van der Waals surface area (Å²) in [4.78, 5) is 49.4. The highest BCUT2D eigenvalue weighted by Crippen LogP contribution is 2.20. The first-order valence-corrected chi connectivity index (χ1v) is 9.60.